The molecule has 0 unspecified atom stereocenters. The number of hydrogen-bond donors (Lipinski definition) is 0. The highest BCUT2D eigenvalue weighted by Gasteiger charge is 2.40. The molecule has 0 radical (unpaired) electrons. The molecule has 2 aliphatic rings. The number of hydrogen-bond acceptors (Lipinski definition) is 4. The van der Waals surface area contributed by atoms with E-state index in [-0.39, 0.29) is 17.8 Å². The normalized spacial score (nSPS) is 19.2. The average molecular weight is 343 g/mol. The van der Waals surface area contributed by atoms with Gasteiger partial charge in [-0.1, -0.05) is 0 Å². The van der Waals surface area contributed by atoms with Crippen LogP contribution >= 0.6 is 0 Å². The van der Waals surface area contributed by atoms with Gasteiger partial charge in [0.2, 0.25) is 0 Å². The molecule has 2 heterocycles. The Balaban J connectivity index is 1.66. The summed E-state index contributed by atoms with van der Waals surface area (Å²) in [5.74, 6) is 0.930. The van der Waals surface area contributed by atoms with E-state index >= 15 is 0 Å². The predicted molar refractivity (Wildman–Crippen MR) is 94.7 cm³/mol. The van der Waals surface area contributed by atoms with Crippen LogP contribution in [0.1, 0.15) is 49.0 Å². The van der Waals surface area contributed by atoms with E-state index in [2.05, 4.69) is 0 Å². The smallest absolute Gasteiger partial charge is 0.253 e. The third-order valence-corrected chi connectivity index (χ3v) is 4.81. The molecule has 1 fully saturated rings. The first-order valence-electron chi connectivity index (χ1n) is 8.82. The van der Waals surface area contributed by atoms with E-state index in [0.29, 0.717) is 37.9 Å². The van der Waals surface area contributed by atoms with Crippen molar-refractivity contribution in [1.82, 2.24) is 4.90 Å². The summed E-state index contributed by atoms with van der Waals surface area (Å²) in [5, 5.41) is 0. The molecule has 1 aromatic rings. The second-order valence-corrected chi connectivity index (χ2v) is 7.19. The monoisotopic (exact) mass is 343 g/mol. The van der Waals surface area contributed by atoms with Crippen LogP contribution < -0.4 is 4.74 Å². The van der Waals surface area contributed by atoms with Gasteiger partial charge in [0.15, 0.2) is 5.78 Å². The van der Waals surface area contributed by atoms with Gasteiger partial charge in [0.25, 0.3) is 5.91 Å². The fourth-order valence-corrected chi connectivity index (χ4v) is 3.44. The highest BCUT2D eigenvalue weighted by molar-refractivity contribution is 5.95. The number of ether oxygens (including phenoxy) is 2. The molecule has 1 aromatic carbocycles. The molecule has 2 aliphatic heterocycles. The van der Waals surface area contributed by atoms with E-state index in [4.69, 9.17) is 9.47 Å². The first-order valence-corrected chi connectivity index (χ1v) is 8.82. The Hall–Kier alpha value is -2.30. The van der Waals surface area contributed by atoms with E-state index < -0.39 is 5.60 Å². The molecular formula is C20H25NO4. The lowest BCUT2D eigenvalue weighted by Gasteiger charge is -2.41. The van der Waals surface area contributed by atoms with Crippen LogP contribution in [-0.2, 0) is 9.53 Å². The molecule has 0 aliphatic carbocycles. The molecule has 1 saturated heterocycles. The molecule has 3 rings (SSSR count). The fourth-order valence-electron chi connectivity index (χ4n) is 3.44. The summed E-state index contributed by atoms with van der Waals surface area (Å²) in [4.78, 5) is 26.3. The van der Waals surface area contributed by atoms with Gasteiger partial charge in [-0.25, -0.2) is 0 Å². The van der Waals surface area contributed by atoms with Gasteiger partial charge in [0.1, 0.15) is 11.4 Å². The molecule has 5 nitrogen and oxygen atoms in total. The minimum atomic E-state index is -0.423. The van der Waals surface area contributed by atoms with Gasteiger partial charge in [0, 0.05) is 37.6 Å². The first kappa shape index (κ1) is 17.5. The molecule has 0 N–H and O–H groups in total. The Bertz CT molecular complexity index is 700. The minimum Gasteiger partial charge on any atom is -0.494 e. The van der Waals surface area contributed by atoms with Gasteiger partial charge in [-0.15, -0.1) is 0 Å². The lowest BCUT2D eigenvalue weighted by Crippen LogP contribution is -2.49. The van der Waals surface area contributed by atoms with E-state index in [1.807, 2.05) is 43.9 Å². The molecule has 0 bridgehead atoms. The third-order valence-electron chi connectivity index (χ3n) is 4.81. The van der Waals surface area contributed by atoms with Gasteiger partial charge >= 0.3 is 0 Å². The standard InChI is InChI=1S/C20H25NO4/c1-14(2)25-18-5-4-16(12-15(18)3)19(23)21-9-7-20(8-10-21)13-17(22)6-11-24-20/h4-6,11-12,14H,7-10,13H2,1-3H3. The van der Waals surface area contributed by atoms with E-state index in [1.54, 1.807) is 0 Å². The Morgan fingerprint density at radius 1 is 1.28 bits per heavy atom. The Kier molecular flexibility index (Phi) is 4.84. The third kappa shape index (κ3) is 3.86. The van der Waals surface area contributed by atoms with Crippen LogP contribution in [0.15, 0.2) is 30.5 Å². The van der Waals surface area contributed by atoms with E-state index in [0.717, 1.165) is 11.3 Å². The molecule has 1 amide bonds. The summed E-state index contributed by atoms with van der Waals surface area (Å²) < 4.78 is 11.5. The summed E-state index contributed by atoms with van der Waals surface area (Å²) >= 11 is 0. The van der Waals surface area contributed by atoms with Crippen molar-refractivity contribution >= 4 is 11.7 Å². The molecule has 5 heteroatoms. The van der Waals surface area contributed by atoms with Gasteiger partial charge in [0.05, 0.1) is 18.8 Å². The van der Waals surface area contributed by atoms with Crippen LogP contribution in [0.25, 0.3) is 0 Å². The number of rotatable bonds is 3. The van der Waals surface area contributed by atoms with Gasteiger partial charge in [-0.05, 0) is 44.5 Å². The zero-order valence-electron chi connectivity index (χ0n) is 15.1. The maximum absolute atomic E-state index is 12.8. The van der Waals surface area contributed by atoms with Gasteiger partial charge < -0.3 is 14.4 Å². The maximum Gasteiger partial charge on any atom is 0.253 e. The van der Waals surface area contributed by atoms with Crippen LogP contribution in [0.2, 0.25) is 0 Å². The van der Waals surface area contributed by atoms with Crippen LogP contribution in [0.4, 0.5) is 0 Å². The topological polar surface area (TPSA) is 55.8 Å². The van der Waals surface area contributed by atoms with Crippen molar-refractivity contribution in [3.05, 3.63) is 41.7 Å². The lowest BCUT2D eigenvalue weighted by molar-refractivity contribution is -0.125. The quantitative estimate of drug-likeness (QED) is 0.845. The molecule has 0 atom stereocenters. The second kappa shape index (κ2) is 6.90. The predicted octanol–water partition coefficient (Wildman–Crippen LogP) is 3.26. The van der Waals surface area contributed by atoms with Crippen molar-refractivity contribution < 1.29 is 19.1 Å². The van der Waals surface area contributed by atoms with Crippen molar-refractivity contribution in [3.8, 4) is 5.75 Å². The molecule has 0 aromatic heterocycles. The van der Waals surface area contributed by atoms with Crippen molar-refractivity contribution in [1.29, 1.82) is 0 Å². The summed E-state index contributed by atoms with van der Waals surface area (Å²) in [5.41, 5.74) is 1.21. The number of amides is 1. The Morgan fingerprint density at radius 2 is 2.00 bits per heavy atom. The Labute approximate surface area is 148 Å². The van der Waals surface area contributed by atoms with Crippen molar-refractivity contribution in [2.75, 3.05) is 13.1 Å². The second-order valence-electron chi connectivity index (χ2n) is 7.19. The summed E-state index contributed by atoms with van der Waals surface area (Å²) in [7, 11) is 0. The summed E-state index contributed by atoms with van der Waals surface area (Å²) in [6, 6.07) is 5.57. The molecular weight excluding hydrogens is 318 g/mol. The van der Waals surface area contributed by atoms with Gasteiger partial charge in [-0.2, -0.15) is 0 Å². The van der Waals surface area contributed by atoms with E-state index in [9.17, 15) is 9.59 Å². The van der Waals surface area contributed by atoms with Crippen LogP contribution in [0, 0.1) is 6.92 Å². The SMILES string of the molecule is Cc1cc(C(=O)N2CCC3(CC2)CC(=O)C=CO3)ccc1OC(C)C. The van der Waals surface area contributed by atoms with Gasteiger partial charge in [-0.3, -0.25) is 9.59 Å². The molecule has 1 spiro atoms. The zero-order valence-corrected chi connectivity index (χ0v) is 15.1. The molecule has 134 valence electrons. The number of nitrogens with zero attached hydrogens (tertiary/aromatic N) is 1. The van der Waals surface area contributed by atoms with Crippen molar-refractivity contribution in [3.63, 3.8) is 0 Å². The van der Waals surface area contributed by atoms with Crippen LogP contribution in [0.3, 0.4) is 0 Å². The number of carbonyl (C=O) groups is 2. The van der Waals surface area contributed by atoms with E-state index in [1.165, 1.54) is 12.3 Å². The maximum atomic E-state index is 12.8. The number of likely N-dealkylation sites (tertiary alicyclic amines) is 1. The average Bonchev–Trinajstić information content (AvgIpc) is 2.56. The lowest BCUT2D eigenvalue weighted by atomic mass is 9.85. The summed E-state index contributed by atoms with van der Waals surface area (Å²) in [6.45, 7) is 7.12. The fraction of sp³-hybridized carbons (Fsp3) is 0.500. The van der Waals surface area contributed by atoms with Crippen molar-refractivity contribution in [2.45, 2.75) is 51.7 Å². The number of carbonyl (C=O) groups excluding carboxylic acids is 2. The highest BCUT2D eigenvalue weighted by Crippen LogP contribution is 2.33. The van der Waals surface area contributed by atoms with Crippen LogP contribution in [0.5, 0.6) is 5.75 Å². The first-order chi connectivity index (χ1) is 11.9. The largest absolute Gasteiger partial charge is 0.494 e. The van der Waals surface area contributed by atoms with Crippen molar-refractivity contribution in [2.24, 2.45) is 0 Å². The number of ketones is 1. The number of aryl methyl sites for hydroxylation is 1. The number of piperidine rings is 1. The highest BCUT2D eigenvalue weighted by atomic mass is 16.5. The number of benzene rings is 1. The minimum absolute atomic E-state index is 0.0201. The molecule has 0 saturated carbocycles. The zero-order chi connectivity index (χ0) is 18.0. The molecule has 25 heavy (non-hydrogen) atoms. The van der Waals surface area contributed by atoms with Crippen LogP contribution in [-0.4, -0.2) is 41.4 Å². The number of allylic oxidation sites excluding steroid dienone is 1. The summed E-state index contributed by atoms with van der Waals surface area (Å²) in [6.07, 6.45) is 4.86. The Morgan fingerprint density at radius 3 is 2.60 bits per heavy atom.